The first kappa shape index (κ1) is 14.5. The number of rotatable bonds is 2. The maximum absolute atomic E-state index is 5.19. The Kier molecular flexibility index (Phi) is 13.3. The van der Waals surface area contributed by atoms with Gasteiger partial charge in [0.15, 0.2) is 0 Å². The third kappa shape index (κ3) is 6.67. The molecular weight excluding hydrogens is 266 g/mol. The average Bonchev–Trinajstić information content (AvgIpc) is 2.11. The van der Waals surface area contributed by atoms with Crippen molar-refractivity contribution in [2.75, 3.05) is 6.61 Å². The SMILES string of the molecule is CCOc1cc[c-]cc1.[CH2-]Cl.[Pd+2]. The normalized spacial score (nSPS) is 7.25. The standard InChI is InChI=1S/C8H9O.CH2Cl.Pd/c1-2-9-8-6-4-3-5-7-8;1-2;/h4-7H,2H2,1H3;1H2;/q2*-1;+2. The first-order valence-electron chi connectivity index (χ1n) is 3.29. The molecule has 0 N–H and O–H groups in total. The van der Waals surface area contributed by atoms with Crippen molar-refractivity contribution in [2.24, 2.45) is 0 Å². The second-order valence-corrected chi connectivity index (χ2v) is 1.67. The predicted molar refractivity (Wildman–Crippen MR) is 47.7 cm³/mol. The van der Waals surface area contributed by atoms with E-state index in [1.54, 1.807) is 0 Å². The van der Waals surface area contributed by atoms with E-state index in [4.69, 9.17) is 4.74 Å². The zero-order valence-electron chi connectivity index (χ0n) is 6.83. The largest absolute Gasteiger partial charge is 2.00 e. The Hall–Kier alpha value is -0.0277. The van der Waals surface area contributed by atoms with Gasteiger partial charge in [0.05, 0.1) is 6.61 Å². The number of hydrogen-bond acceptors (Lipinski definition) is 1. The van der Waals surface area contributed by atoms with Crippen molar-refractivity contribution in [1.82, 2.24) is 0 Å². The van der Waals surface area contributed by atoms with Crippen LogP contribution in [0.15, 0.2) is 24.3 Å². The Morgan fingerprint density at radius 2 is 1.92 bits per heavy atom. The van der Waals surface area contributed by atoms with E-state index in [0.29, 0.717) is 0 Å². The van der Waals surface area contributed by atoms with Crippen LogP contribution in [-0.2, 0) is 20.4 Å². The Morgan fingerprint density at radius 1 is 1.42 bits per heavy atom. The fourth-order valence-corrected chi connectivity index (χ4v) is 0.634. The Balaban J connectivity index is 0. The fourth-order valence-electron chi connectivity index (χ4n) is 0.634. The van der Waals surface area contributed by atoms with Crippen LogP contribution in [0.1, 0.15) is 6.92 Å². The summed E-state index contributed by atoms with van der Waals surface area (Å²) in [4.78, 5) is 0. The Labute approximate surface area is 92.7 Å². The summed E-state index contributed by atoms with van der Waals surface area (Å²) >= 11 is 4.39. The number of ether oxygens (including phenoxy) is 1. The first-order chi connectivity index (χ1) is 5.43. The maximum Gasteiger partial charge on any atom is 2.00 e. The van der Waals surface area contributed by atoms with Crippen molar-refractivity contribution in [2.45, 2.75) is 6.92 Å². The molecule has 0 aromatic heterocycles. The van der Waals surface area contributed by atoms with Crippen molar-refractivity contribution in [3.63, 3.8) is 0 Å². The van der Waals surface area contributed by atoms with Gasteiger partial charge in [0, 0.05) is 5.75 Å². The van der Waals surface area contributed by atoms with Crippen LogP contribution in [0, 0.1) is 12.4 Å². The van der Waals surface area contributed by atoms with Crippen LogP contribution in [0.25, 0.3) is 0 Å². The van der Waals surface area contributed by atoms with Crippen molar-refractivity contribution in [3.05, 3.63) is 36.7 Å². The molecule has 0 radical (unpaired) electrons. The molecule has 1 nitrogen and oxygen atoms in total. The average molecular weight is 277 g/mol. The molecule has 0 amide bonds. The molecule has 0 spiro atoms. The molecule has 3 heteroatoms. The van der Waals surface area contributed by atoms with Crippen molar-refractivity contribution >= 4 is 11.6 Å². The molecular formula is C9H11ClOPd. The summed E-state index contributed by atoms with van der Waals surface area (Å²) in [6.07, 6.45) is 2.72. The van der Waals surface area contributed by atoms with E-state index in [0.717, 1.165) is 12.4 Å². The van der Waals surface area contributed by atoms with Gasteiger partial charge in [-0.2, -0.15) is 18.2 Å². The second-order valence-electron chi connectivity index (χ2n) is 1.67. The van der Waals surface area contributed by atoms with Crippen LogP contribution < -0.4 is 4.74 Å². The van der Waals surface area contributed by atoms with Gasteiger partial charge in [-0.15, -0.1) is 12.1 Å². The molecule has 0 fully saturated rings. The molecule has 12 heavy (non-hydrogen) atoms. The summed E-state index contributed by atoms with van der Waals surface area (Å²) in [5.41, 5.74) is 0. The maximum atomic E-state index is 5.19. The summed E-state index contributed by atoms with van der Waals surface area (Å²) in [5, 5.41) is 0. The van der Waals surface area contributed by atoms with Crippen LogP contribution >= 0.6 is 11.6 Å². The molecule has 0 aliphatic carbocycles. The van der Waals surface area contributed by atoms with Crippen molar-refractivity contribution in [1.29, 1.82) is 0 Å². The number of benzene rings is 1. The molecule has 0 heterocycles. The molecule has 1 rings (SSSR count). The summed E-state index contributed by atoms with van der Waals surface area (Å²) in [6.45, 7) is 2.70. The minimum Gasteiger partial charge on any atom is -0.519 e. The number of halogens is 1. The third-order valence-corrected chi connectivity index (χ3v) is 0.999. The zero-order chi connectivity index (χ0) is 8.53. The molecule has 0 aliphatic heterocycles. The Morgan fingerprint density at radius 3 is 2.33 bits per heavy atom. The topological polar surface area (TPSA) is 9.23 Å². The molecule has 0 aliphatic rings. The van der Waals surface area contributed by atoms with Crippen LogP contribution in [0.4, 0.5) is 0 Å². The van der Waals surface area contributed by atoms with Gasteiger partial charge >= 0.3 is 20.4 Å². The summed E-state index contributed by atoms with van der Waals surface area (Å²) in [7, 11) is 0. The molecule has 0 unspecified atom stereocenters. The van der Waals surface area contributed by atoms with Gasteiger partial charge in [0.2, 0.25) is 0 Å². The van der Waals surface area contributed by atoms with Gasteiger partial charge in [-0.1, -0.05) is 0 Å². The van der Waals surface area contributed by atoms with Crippen LogP contribution in [0.5, 0.6) is 5.75 Å². The molecule has 70 valence electrons. The Bertz CT molecular complexity index is 167. The van der Waals surface area contributed by atoms with E-state index in [2.05, 4.69) is 24.1 Å². The minimum atomic E-state index is 0. The molecule has 0 saturated carbocycles. The summed E-state index contributed by atoms with van der Waals surface area (Å²) < 4.78 is 5.19. The third-order valence-electron chi connectivity index (χ3n) is 0.999. The predicted octanol–water partition coefficient (Wildman–Crippen LogP) is 2.90. The van der Waals surface area contributed by atoms with Gasteiger partial charge in [-0.3, -0.25) is 6.38 Å². The summed E-state index contributed by atoms with van der Waals surface area (Å²) in [6, 6.07) is 10.4. The molecule has 0 saturated heterocycles. The number of hydrogen-bond donors (Lipinski definition) is 0. The first-order valence-corrected chi connectivity index (χ1v) is 3.82. The molecule has 1 aromatic carbocycles. The smallest absolute Gasteiger partial charge is 0.519 e. The molecule has 0 atom stereocenters. The van der Waals surface area contributed by atoms with Crippen LogP contribution in [0.2, 0.25) is 0 Å². The van der Waals surface area contributed by atoms with E-state index in [-0.39, 0.29) is 20.4 Å². The minimum absolute atomic E-state index is 0. The quantitative estimate of drug-likeness (QED) is 0.596. The van der Waals surface area contributed by atoms with Gasteiger partial charge in [0.1, 0.15) is 0 Å². The van der Waals surface area contributed by atoms with Gasteiger partial charge in [-0.25, -0.2) is 0 Å². The monoisotopic (exact) mass is 276 g/mol. The van der Waals surface area contributed by atoms with E-state index in [9.17, 15) is 0 Å². The van der Waals surface area contributed by atoms with Gasteiger partial charge in [0.25, 0.3) is 0 Å². The van der Waals surface area contributed by atoms with Crippen LogP contribution in [0.3, 0.4) is 0 Å². The van der Waals surface area contributed by atoms with Crippen molar-refractivity contribution < 1.29 is 25.2 Å². The van der Waals surface area contributed by atoms with E-state index < -0.39 is 0 Å². The summed E-state index contributed by atoms with van der Waals surface area (Å²) in [5.74, 6) is 0.913. The molecule has 0 bridgehead atoms. The fraction of sp³-hybridized carbons (Fsp3) is 0.222. The zero-order valence-corrected chi connectivity index (χ0v) is 9.14. The second kappa shape index (κ2) is 11.0. The van der Waals surface area contributed by atoms with E-state index >= 15 is 0 Å². The van der Waals surface area contributed by atoms with Gasteiger partial charge < -0.3 is 16.3 Å². The van der Waals surface area contributed by atoms with Crippen LogP contribution in [-0.4, -0.2) is 6.61 Å². The molecule has 1 aromatic rings. The van der Waals surface area contributed by atoms with E-state index in [1.807, 2.05) is 31.2 Å². The van der Waals surface area contributed by atoms with Gasteiger partial charge in [-0.05, 0) is 6.92 Å². The van der Waals surface area contributed by atoms with Crippen molar-refractivity contribution in [3.8, 4) is 5.75 Å². The van der Waals surface area contributed by atoms with E-state index in [1.165, 1.54) is 0 Å².